The zero-order valence-corrected chi connectivity index (χ0v) is 14.1. The van der Waals surface area contributed by atoms with Crippen LogP contribution in [0.2, 0.25) is 0 Å². The van der Waals surface area contributed by atoms with E-state index in [0.717, 1.165) is 12.1 Å². The van der Waals surface area contributed by atoms with E-state index in [1.807, 2.05) is 0 Å². The molecule has 3 rings (SSSR count). The molecule has 0 aliphatic carbocycles. The third-order valence-electron chi connectivity index (χ3n) is 3.62. The second-order valence-corrected chi connectivity index (χ2v) is 6.99. The van der Waals surface area contributed by atoms with Crippen molar-refractivity contribution >= 4 is 32.6 Å². The third-order valence-corrected chi connectivity index (χ3v) is 5.16. The Morgan fingerprint density at radius 1 is 1.24 bits per heavy atom. The number of benzene rings is 2. The fourth-order valence-electron chi connectivity index (χ4n) is 2.45. The Hall–Kier alpha value is -2.94. The number of anilines is 1. The largest absolute Gasteiger partial charge is 0.464 e. The molecule has 0 aliphatic rings. The van der Waals surface area contributed by atoms with E-state index in [1.54, 1.807) is 6.07 Å². The van der Waals surface area contributed by atoms with E-state index in [0.29, 0.717) is 10.9 Å². The number of aromatic amines is 1. The third kappa shape index (κ3) is 3.18. The van der Waals surface area contributed by atoms with Gasteiger partial charge in [-0.3, -0.25) is 9.82 Å². The van der Waals surface area contributed by atoms with Gasteiger partial charge in [0, 0.05) is 11.1 Å². The molecule has 0 saturated heterocycles. The van der Waals surface area contributed by atoms with E-state index < -0.39 is 21.8 Å². The van der Waals surface area contributed by atoms with Crippen LogP contribution in [-0.2, 0) is 14.8 Å². The van der Waals surface area contributed by atoms with Crippen LogP contribution in [0.4, 0.5) is 10.1 Å². The summed E-state index contributed by atoms with van der Waals surface area (Å²) < 4.78 is 45.3. The van der Waals surface area contributed by atoms with Crippen LogP contribution in [0.3, 0.4) is 0 Å². The highest BCUT2D eigenvalue weighted by molar-refractivity contribution is 7.92. The Morgan fingerprint density at radius 3 is 2.68 bits per heavy atom. The minimum atomic E-state index is -3.91. The fourth-order valence-corrected chi connectivity index (χ4v) is 3.73. The number of carbonyl (C=O) groups excluding carboxylic acids is 1. The number of sulfonamides is 1. The summed E-state index contributed by atoms with van der Waals surface area (Å²) in [6.45, 7) is 1.51. The van der Waals surface area contributed by atoms with E-state index in [4.69, 9.17) is 0 Å². The number of halogens is 1. The summed E-state index contributed by atoms with van der Waals surface area (Å²) in [6.07, 6.45) is 0. The van der Waals surface area contributed by atoms with Gasteiger partial charge in [0.2, 0.25) is 0 Å². The van der Waals surface area contributed by atoms with Crippen molar-refractivity contribution in [2.75, 3.05) is 11.8 Å². The molecule has 0 aliphatic heterocycles. The van der Waals surface area contributed by atoms with Gasteiger partial charge in [0.15, 0.2) is 5.69 Å². The van der Waals surface area contributed by atoms with E-state index in [2.05, 4.69) is 19.7 Å². The van der Waals surface area contributed by atoms with Crippen molar-refractivity contribution in [3.05, 3.63) is 53.5 Å². The van der Waals surface area contributed by atoms with Crippen molar-refractivity contribution < 1.29 is 22.3 Å². The number of esters is 1. The quantitative estimate of drug-likeness (QED) is 0.694. The number of aryl methyl sites for hydroxylation is 1. The van der Waals surface area contributed by atoms with Gasteiger partial charge in [-0.25, -0.2) is 17.6 Å². The monoisotopic (exact) mass is 363 g/mol. The van der Waals surface area contributed by atoms with Crippen molar-refractivity contribution in [1.82, 2.24) is 10.2 Å². The molecule has 1 heterocycles. The van der Waals surface area contributed by atoms with Crippen LogP contribution in [0.15, 0.2) is 41.3 Å². The number of methoxy groups -OCH3 is 1. The summed E-state index contributed by atoms with van der Waals surface area (Å²) in [6, 6.07) is 8.01. The lowest BCUT2D eigenvalue weighted by molar-refractivity contribution is 0.0596. The molecule has 7 nitrogen and oxygen atoms in total. The Labute approximate surface area is 142 Å². The molecule has 0 unspecified atom stereocenters. The molecule has 0 fully saturated rings. The van der Waals surface area contributed by atoms with Gasteiger partial charge in [0.25, 0.3) is 10.0 Å². The Balaban J connectivity index is 2.00. The average Bonchev–Trinajstić information content (AvgIpc) is 2.96. The first kappa shape index (κ1) is 16.9. The summed E-state index contributed by atoms with van der Waals surface area (Å²) >= 11 is 0. The van der Waals surface area contributed by atoms with Crippen molar-refractivity contribution in [2.24, 2.45) is 0 Å². The molecule has 0 spiro atoms. The molecule has 1 aromatic heterocycles. The molecule has 0 atom stereocenters. The number of aromatic nitrogens is 2. The van der Waals surface area contributed by atoms with Crippen molar-refractivity contribution in [2.45, 2.75) is 11.8 Å². The number of hydrogen-bond acceptors (Lipinski definition) is 5. The molecule has 2 aromatic carbocycles. The van der Waals surface area contributed by atoms with Crippen LogP contribution in [0, 0.1) is 12.7 Å². The van der Waals surface area contributed by atoms with Crippen LogP contribution in [0.1, 0.15) is 16.1 Å². The number of rotatable bonds is 4. The lowest BCUT2D eigenvalue weighted by Gasteiger charge is -2.10. The topological polar surface area (TPSA) is 101 Å². The van der Waals surface area contributed by atoms with E-state index in [9.17, 15) is 17.6 Å². The smallest absolute Gasteiger partial charge is 0.359 e. The summed E-state index contributed by atoms with van der Waals surface area (Å²) in [5, 5.41) is 6.96. The highest BCUT2D eigenvalue weighted by Gasteiger charge is 2.19. The molecule has 3 aromatic rings. The van der Waals surface area contributed by atoms with Crippen LogP contribution in [-0.4, -0.2) is 31.7 Å². The Kier molecular flexibility index (Phi) is 4.17. The lowest BCUT2D eigenvalue weighted by Crippen LogP contribution is -2.14. The van der Waals surface area contributed by atoms with Crippen LogP contribution in [0.5, 0.6) is 0 Å². The van der Waals surface area contributed by atoms with Crippen LogP contribution in [0.25, 0.3) is 10.9 Å². The van der Waals surface area contributed by atoms with Gasteiger partial charge >= 0.3 is 5.97 Å². The first-order chi connectivity index (χ1) is 11.8. The molecule has 0 bridgehead atoms. The lowest BCUT2D eigenvalue weighted by atomic mass is 10.2. The van der Waals surface area contributed by atoms with Gasteiger partial charge in [-0.2, -0.15) is 5.10 Å². The minimum Gasteiger partial charge on any atom is -0.464 e. The highest BCUT2D eigenvalue weighted by atomic mass is 32.2. The maximum Gasteiger partial charge on any atom is 0.359 e. The van der Waals surface area contributed by atoms with Crippen molar-refractivity contribution in [3.8, 4) is 0 Å². The van der Waals surface area contributed by atoms with Crippen LogP contribution >= 0.6 is 0 Å². The predicted molar refractivity (Wildman–Crippen MR) is 89.4 cm³/mol. The maximum absolute atomic E-state index is 13.2. The molecule has 0 radical (unpaired) electrons. The first-order valence-corrected chi connectivity index (χ1v) is 8.65. The van der Waals surface area contributed by atoms with Gasteiger partial charge in [-0.15, -0.1) is 0 Å². The van der Waals surface area contributed by atoms with Gasteiger partial charge in [-0.1, -0.05) is 0 Å². The molecule has 2 N–H and O–H groups in total. The fraction of sp³-hybridized carbons (Fsp3) is 0.125. The SMILES string of the molecule is COC(=O)c1n[nH]c2ccc(NS(=O)(=O)c3ccc(F)cc3C)cc12. The molecule has 9 heteroatoms. The van der Waals surface area contributed by atoms with Gasteiger partial charge in [0.05, 0.1) is 17.5 Å². The number of fused-ring (bicyclic) bond motifs is 1. The molecular weight excluding hydrogens is 349 g/mol. The maximum atomic E-state index is 13.2. The molecule has 130 valence electrons. The highest BCUT2D eigenvalue weighted by Crippen LogP contribution is 2.24. The van der Waals surface area contributed by atoms with Crippen molar-refractivity contribution in [1.29, 1.82) is 0 Å². The number of hydrogen-bond donors (Lipinski definition) is 2. The number of nitrogens with one attached hydrogen (secondary N) is 2. The zero-order valence-electron chi connectivity index (χ0n) is 13.3. The molecule has 0 saturated carbocycles. The van der Waals surface area contributed by atoms with Gasteiger partial charge in [-0.05, 0) is 48.9 Å². The molecule has 25 heavy (non-hydrogen) atoms. The Bertz CT molecular complexity index is 1080. The van der Waals surface area contributed by atoms with Gasteiger partial charge < -0.3 is 4.74 Å². The summed E-state index contributed by atoms with van der Waals surface area (Å²) in [5.41, 5.74) is 1.13. The second-order valence-electron chi connectivity index (χ2n) is 5.34. The second kappa shape index (κ2) is 6.17. The molecular formula is C16H14FN3O4S. The first-order valence-electron chi connectivity index (χ1n) is 7.17. The van der Waals surface area contributed by atoms with Crippen molar-refractivity contribution in [3.63, 3.8) is 0 Å². The average molecular weight is 363 g/mol. The normalized spacial score (nSPS) is 11.5. The Morgan fingerprint density at radius 2 is 2.00 bits per heavy atom. The van der Waals surface area contributed by atoms with E-state index >= 15 is 0 Å². The standard InChI is InChI=1S/C16H14FN3O4S/c1-9-7-10(17)3-6-14(9)25(22,23)20-11-4-5-13-12(8-11)15(19-18-13)16(21)24-2/h3-8,20H,1-2H3,(H,18,19). The van der Waals surface area contributed by atoms with Crippen LogP contribution < -0.4 is 4.72 Å². The summed E-state index contributed by atoms with van der Waals surface area (Å²) in [5.74, 6) is -1.15. The number of carbonyl (C=O) groups is 1. The minimum absolute atomic E-state index is 0.0330. The summed E-state index contributed by atoms with van der Waals surface area (Å²) in [4.78, 5) is 11.7. The van der Waals surface area contributed by atoms with E-state index in [1.165, 1.54) is 32.2 Å². The molecule has 0 amide bonds. The summed E-state index contributed by atoms with van der Waals surface area (Å²) in [7, 11) is -2.69. The number of nitrogens with zero attached hydrogens (tertiary/aromatic N) is 1. The zero-order chi connectivity index (χ0) is 18.2. The van der Waals surface area contributed by atoms with Gasteiger partial charge in [0.1, 0.15) is 5.82 Å². The predicted octanol–water partition coefficient (Wildman–Crippen LogP) is 2.60. The van der Waals surface area contributed by atoms with E-state index in [-0.39, 0.29) is 21.8 Å². The number of H-pyrrole nitrogens is 1. The number of ether oxygens (including phenoxy) is 1.